The Balaban J connectivity index is 1.20. The van der Waals surface area contributed by atoms with E-state index in [1.54, 1.807) is 0 Å². The van der Waals surface area contributed by atoms with E-state index >= 15 is 0 Å². The van der Waals surface area contributed by atoms with E-state index in [-0.39, 0.29) is 17.7 Å². The van der Waals surface area contributed by atoms with Gasteiger partial charge in [-0.3, -0.25) is 14.5 Å². The Labute approximate surface area is 173 Å². The molecule has 1 aromatic rings. The lowest BCUT2D eigenvalue weighted by Crippen LogP contribution is -2.60. The monoisotopic (exact) mass is 396 g/mol. The van der Waals surface area contributed by atoms with Gasteiger partial charge in [0.1, 0.15) is 6.10 Å². The number of benzene rings is 1. The van der Waals surface area contributed by atoms with Crippen molar-refractivity contribution in [2.45, 2.75) is 57.2 Å². The van der Waals surface area contributed by atoms with Crippen LogP contribution >= 0.6 is 0 Å². The first kappa shape index (κ1) is 19.3. The Hall–Kier alpha value is -1.72. The molecule has 1 amide bonds. The van der Waals surface area contributed by atoms with E-state index in [1.165, 1.54) is 32.1 Å². The molecule has 6 rings (SSSR count). The van der Waals surface area contributed by atoms with E-state index in [0.29, 0.717) is 37.6 Å². The molecule has 1 saturated heterocycles. The van der Waals surface area contributed by atoms with Gasteiger partial charge in [0.15, 0.2) is 5.78 Å². The van der Waals surface area contributed by atoms with Gasteiger partial charge in [-0.15, -0.1) is 0 Å². The number of ether oxygens (including phenoxy) is 1. The molecular formula is C24H32N2O3. The van der Waals surface area contributed by atoms with E-state index in [9.17, 15) is 9.59 Å². The lowest BCUT2D eigenvalue weighted by Gasteiger charge is -2.54. The maximum Gasteiger partial charge on any atom is 0.250 e. The van der Waals surface area contributed by atoms with Crippen LogP contribution in [0, 0.1) is 23.7 Å². The van der Waals surface area contributed by atoms with Crippen LogP contribution in [0.25, 0.3) is 0 Å². The molecule has 1 heterocycles. The standard InChI is InChI=1S/C24H32N2O3/c1-15(23(27)18-5-3-2-4-6-18)26-7-8-29-21(14-26)24(28)25-22-19-10-16-9-17(12-19)13-20(22)11-16/h2-6,15-17,19-22H,7-14H2,1H3,(H,25,28). The van der Waals surface area contributed by atoms with Gasteiger partial charge in [-0.05, 0) is 62.7 Å². The molecule has 29 heavy (non-hydrogen) atoms. The average molecular weight is 397 g/mol. The summed E-state index contributed by atoms with van der Waals surface area (Å²) in [5.41, 5.74) is 0.723. The summed E-state index contributed by atoms with van der Waals surface area (Å²) in [6, 6.07) is 9.49. The minimum Gasteiger partial charge on any atom is -0.366 e. The zero-order valence-electron chi connectivity index (χ0n) is 17.3. The van der Waals surface area contributed by atoms with Crippen molar-refractivity contribution in [2.24, 2.45) is 23.7 Å². The third-order valence-corrected chi connectivity index (χ3v) is 7.91. The normalized spacial score (nSPS) is 37.3. The number of carbonyl (C=O) groups excluding carboxylic acids is 2. The minimum atomic E-state index is -0.480. The first-order chi connectivity index (χ1) is 14.1. The second-order valence-corrected chi connectivity index (χ2v) is 9.73. The number of Topliss-reactive ketones (excluding diaryl/α,β-unsaturated/α-hetero) is 1. The maximum absolute atomic E-state index is 13.1. The third kappa shape index (κ3) is 3.75. The van der Waals surface area contributed by atoms with Gasteiger partial charge in [-0.1, -0.05) is 30.3 Å². The van der Waals surface area contributed by atoms with Crippen LogP contribution in [-0.2, 0) is 9.53 Å². The summed E-state index contributed by atoms with van der Waals surface area (Å²) < 4.78 is 5.83. The summed E-state index contributed by atoms with van der Waals surface area (Å²) in [6.07, 6.45) is 6.10. The van der Waals surface area contributed by atoms with Crippen molar-refractivity contribution in [3.8, 4) is 0 Å². The average Bonchev–Trinajstić information content (AvgIpc) is 2.75. The van der Waals surface area contributed by atoms with E-state index in [4.69, 9.17) is 4.74 Å². The molecule has 2 atom stereocenters. The number of ketones is 1. The van der Waals surface area contributed by atoms with Gasteiger partial charge in [-0.25, -0.2) is 0 Å². The largest absolute Gasteiger partial charge is 0.366 e. The molecule has 0 aromatic heterocycles. The number of nitrogens with one attached hydrogen (secondary N) is 1. The smallest absolute Gasteiger partial charge is 0.250 e. The van der Waals surface area contributed by atoms with Crippen molar-refractivity contribution in [1.29, 1.82) is 0 Å². The lowest BCUT2D eigenvalue weighted by molar-refractivity contribution is -0.142. The second kappa shape index (κ2) is 7.84. The van der Waals surface area contributed by atoms with Crippen LogP contribution in [0.2, 0.25) is 0 Å². The third-order valence-electron chi connectivity index (χ3n) is 7.91. The fourth-order valence-electron chi connectivity index (χ4n) is 6.61. The summed E-state index contributed by atoms with van der Waals surface area (Å²) in [5.74, 6) is 3.25. The molecule has 5 fully saturated rings. The van der Waals surface area contributed by atoms with Gasteiger partial charge in [0.05, 0.1) is 12.6 Å². The van der Waals surface area contributed by atoms with E-state index in [1.807, 2.05) is 37.3 Å². The molecule has 4 aliphatic carbocycles. The summed E-state index contributed by atoms with van der Waals surface area (Å²) in [5, 5.41) is 3.38. The molecule has 1 aromatic carbocycles. The predicted octanol–water partition coefficient (Wildman–Crippen LogP) is 2.90. The van der Waals surface area contributed by atoms with Crippen LogP contribution < -0.4 is 5.32 Å². The molecule has 5 nitrogen and oxygen atoms in total. The molecule has 1 aliphatic heterocycles. The quantitative estimate of drug-likeness (QED) is 0.778. The highest BCUT2D eigenvalue weighted by molar-refractivity contribution is 5.99. The maximum atomic E-state index is 13.1. The fourth-order valence-corrected chi connectivity index (χ4v) is 6.61. The number of morpholine rings is 1. The number of nitrogens with zero attached hydrogens (tertiary/aromatic N) is 1. The lowest BCUT2D eigenvalue weighted by atomic mass is 9.54. The molecule has 2 unspecified atom stereocenters. The van der Waals surface area contributed by atoms with Crippen molar-refractivity contribution in [1.82, 2.24) is 10.2 Å². The van der Waals surface area contributed by atoms with Gasteiger partial charge < -0.3 is 10.1 Å². The number of rotatable bonds is 5. The molecular weight excluding hydrogens is 364 g/mol. The number of hydrogen-bond donors (Lipinski definition) is 1. The van der Waals surface area contributed by atoms with E-state index in [0.717, 1.165) is 17.4 Å². The first-order valence-electron chi connectivity index (χ1n) is 11.3. The SMILES string of the molecule is CC(C(=O)c1ccccc1)N1CCOC(C(=O)NC2C3CC4CC(C3)CC2C4)C1. The van der Waals surface area contributed by atoms with Crippen molar-refractivity contribution < 1.29 is 14.3 Å². The van der Waals surface area contributed by atoms with Crippen LogP contribution in [0.1, 0.15) is 49.4 Å². The van der Waals surface area contributed by atoms with Gasteiger partial charge in [-0.2, -0.15) is 0 Å². The van der Waals surface area contributed by atoms with Crippen LogP contribution in [0.3, 0.4) is 0 Å². The summed E-state index contributed by atoms with van der Waals surface area (Å²) in [7, 11) is 0. The van der Waals surface area contributed by atoms with Gasteiger partial charge in [0.2, 0.25) is 0 Å². The van der Waals surface area contributed by atoms with Crippen LogP contribution in [-0.4, -0.2) is 54.5 Å². The van der Waals surface area contributed by atoms with Crippen molar-refractivity contribution in [3.63, 3.8) is 0 Å². The summed E-state index contributed by atoms with van der Waals surface area (Å²) in [4.78, 5) is 28.0. The Bertz CT molecular complexity index is 737. The zero-order chi connectivity index (χ0) is 20.0. The minimum absolute atomic E-state index is 0.0199. The molecule has 0 radical (unpaired) electrons. The number of hydrogen-bond acceptors (Lipinski definition) is 4. The summed E-state index contributed by atoms with van der Waals surface area (Å²) in [6.45, 7) is 3.60. The molecule has 1 N–H and O–H groups in total. The van der Waals surface area contributed by atoms with E-state index in [2.05, 4.69) is 10.2 Å². The number of amides is 1. The van der Waals surface area contributed by atoms with Gasteiger partial charge in [0.25, 0.3) is 5.91 Å². The van der Waals surface area contributed by atoms with Crippen LogP contribution in [0.5, 0.6) is 0 Å². The highest BCUT2D eigenvalue weighted by Gasteiger charge is 2.49. The summed E-state index contributed by atoms with van der Waals surface area (Å²) >= 11 is 0. The molecule has 156 valence electrons. The molecule has 5 heteroatoms. The predicted molar refractivity (Wildman–Crippen MR) is 111 cm³/mol. The molecule has 5 aliphatic rings. The topological polar surface area (TPSA) is 58.6 Å². The van der Waals surface area contributed by atoms with Gasteiger partial charge in [0, 0.05) is 24.7 Å². The van der Waals surface area contributed by atoms with Crippen molar-refractivity contribution in [2.75, 3.05) is 19.7 Å². The fraction of sp³-hybridized carbons (Fsp3) is 0.667. The first-order valence-corrected chi connectivity index (χ1v) is 11.3. The Morgan fingerprint density at radius 1 is 1.03 bits per heavy atom. The second-order valence-electron chi connectivity index (χ2n) is 9.73. The van der Waals surface area contributed by atoms with Crippen LogP contribution in [0.4, 0.5) is 0 Å². The molecule has 4 bridgehead atoms. The zero-order valence-corrected chi connectivity index (χ0v) is 17.3. The number of carbonyl (C=O) groups is 2. The van der Waals surface area contributed by atoms with Gasteiger partial charge >= 0.3 is 0 Å². The molecule has 4 saturated carbocycles. The van der Waals surface area contributed by atoms with Crippen molar-refractivity contribution >= 4 is 11.7 Å². The Morgan fingerprint density at radius 3 is 2.34 bits per heavy atom. The van der Waals surface area contributed by atoms with Crippen molar-refractivity contribution in [3.05, 3.63) is 35.9 Å². The highest BCUT2D eigenvalue weighted by Crippen LogP contribution is 2.53. The Kier molecular flexibility index (Phi) is 5.21. The van der Waals surface area contributed by atoms with E-state index < -0.39 is 6.10 Å². The highest BCUT2D eigenvalue weighted by atomic mass is 16.5. The Morgan fingerprint density at radius 2 is 1.69 bits per heavy atom. The van der Waals surface area contributed by atoms with Crippen LogP contribution in [0.15, 0.2) is 30.3 Å². The molecule has 0 spiro atoms.